The van der Waals surface area contributed by atoms with Crippen molar-refractivity contribution in [3.63, 3.8) is 0 Å². The number of fused-ring (bicyclic) bond motifs is 1. The Bertz CT molecular complexity index is 1050. The van der Waals surface area contributed by atoms with E-state index in [1.54, 1.807) is 6.08 Å². The summed E-state index contributed by atoms with van der Waals surface area (Å²) in [5, 5.41) is 1.89. The van der Waals surface area contributed by atoms with Gasteiger partial charge in [0.15, 0.2) is 5.78 Å². The third-order valence-corrected chi connectivity index (χ3v) is 5.38. The number of rotatable bonds is 9. The Hall–Kier alpha value is -2.91. The quantitative estimate of drug-likeness (QED) is 0.298. The molecule has 162 valence electrons. The molecule has 0 amide bonds. The van der Waals surface area contributed by atoms with Crippen molar-refractivity contribution >= 4 is 22.6 Å². The first-order valence-electron chi connectivity index (χ1n) is 11.0. The zero-order chi connectivity index (χ0) is 22.4. The molecule has 3 heteroatoms. The summed E-state index contributed by atoms with van der Waals surface area (Å²) in [4.78, 5) is 15.1. The van der Waals surface area contributed by atoms with Crippen LogP contribution in [0.25, 0.3) is 16.8 Å². The zero-order valence-corrected chi connectivity index (χ0v) is 19.3. The monoisotopic (exact) mass is 415 g/mol. The lowest BCUT2D eigenvalue weighted by Gasteiger charge is -2.18. The molecule has 0 bridgehead atoms. The molecule has 0 radical (unpaired) electrons. The molecule has 3 rings (SSSR count). The van der Waals surface area contributed by atoms with E-state index in [1.807, 2.05) is 42.5 Å². The van der Waals surface area contributed by atoms with Crippen LogP contribution in [0.5, 0.6) is 5.75 Å². The van der Waals surface area contributed by atoms with E-state index in [-0.39, 0.29) is 5.78 Å². The van der Waals surface area contributed by atoms with Crippen LogP contribution in [0, 0.1) is 5.92 Å². The first-order chi connectivity index (χ1) is 14.8. The fourth-order valence-corrected chi connectivity index (χ4v) is 3.77. The highest BCUT2D eigenvalue weighted by Gasteiger charge is 2.12. The van der Waals surface area contributed by atoms with E-state index in [4.69, 9.17) is 4.74 Å². The summed E-state index contributed by atoms with van der Waals surface area (Å²) in [6.07, 6.45) is 3.54. The van der Waals surface area contributed by atoms with Crippen molar-refractivity contribution in [1.82, 2.24) is 4.90 Å². The highest BCUT2D eigenvalue weighted by molar-refractivity contribution is 6.15. The maximum Gasteiger partial charge on any atom is 0.186 e. The first-order valence-corrected chi connectivity index (χ1v) is 11.0. The second-order valence-corrected chi connectivity index (χ2v) is 8.85. The van der Waals surface area contributed by atoms with Gasteiger partial charge in [-0.2, -0.15) is 0 Å². The van der Waals surface area contributed by atoms with Crippen LogP contribution in [-0.2, 0) is 0 Å². The molecule has 3 nitrogen and oxygen atoms in total. The standard InChI is InChI=1S/C28H33NO2/c1-20(2)23-13-10-22(11-14-23)12-16-27(30)25-15-17-28(26-9-7-6-8-24(25)26)31-19-21(3)18-29(4)5/h6-17,20-21H,18-19H2,1-5H3/b16-12+. The molecule has 1 unspecified atom stereocenters. The molecule has 0 aliphatic heterocycles. The average molecular weight is 416 g/mol. The highest BCUT2D eigenvalue weighted by atomic mass is 16.5. The molecule has 0 aliphatic rings. The molecule has 1 atom stereocenters. The summed E-state index contributed by atoms with van der Waals surface area (Å²) in [5.74, 6) is 1.74. The van der Waals surface area contributed by atoms with Crippen LogP contribution < -0.4 is 4.74 Å². The van der Waals surface area contributed by atoms with Crippen molar-refractivity contribution < 1.29 is 9.53 Å². The van der Waals surface area contributed by atoms with Gasteiger partial charge in [-0.05, 0) is 54.7 Å². The molecule has 3 aromatic rings. The van der Waals surface area contributed by atoms with Crippen molar-refractivity contribution in [2.24, 2.45) is 5.92 Å². The lowest BCUT2D eigenvalue weighted by atomic mass is 9.99. The summed E-state index contributed by atoms with van der Waals surface area (Å²) in [6, 6.07) is 20.1. The van der Waals surface area contributed by atoms with Gasteiger partial charge in [0.1, 0.15) is 5.75 Å². The Labute approximate surface area is 186 Å². The van der Waals surface area contributed by atoms with Gasteiger partial charge in [-0.25, -0.2) is 0 Å². The Morgan fingerprint density at radius 2 is 1.61 bits per heavy atom. The fourth-order valence-electron chi connectivity index (χ4n) is 3.77. The fraction of sp³-hybridized carbons (Fsp3) is 0.321. The Kier molecular flexibility index (Phi) is 7.64. The molecule has 31 heavy (non-hydrogen) atoms. The molecule has 0 saturated carbocycles. The van der Waals surface area contributed by atoms with Gasteiger partial charge in [0.05, 0.1) is 6.61 Å². The predicted molar refractivity (Wildman–Crippen MR) is 131 cm³/mol. The van der Waals surface area contributed by atoms with Crippen molar-refractivity contribution in [2.75, 3.05) is 27.2 Å². The number of allylic oxidation sites excluding steroid dienone is 1. The maximum absolute atomic E-state index is 13.0. The van der Waals surface area contributed by atoms with E-state index in [2.05, 4.69) is 64.0 Å². The van der Waals surface area contributed by atoms with Gasteiger partial charge in [0.2, 0.25) is 0 Å². The van der Waals surface area contributed by atoms with Crippen molar-refractivity contribution in [3.8, 4) is 5.75 Å². The number of hydrogen-bond acceptors (Lipinski definition) is 3. The summed E-state index contributed by atoms with van der Waals surface area (Å²) in [6.45, 7) is 8.14. The van der Waals surface area contributed by atoms with Gasteiger partial charge in [-0.1, -0.05) is 75.4 Å². The van der Waals surface area contributed by atoms with Gasteiger partial charge in [0.25, 0.3) is 0 Å². The molecule has 0 spiro atoms. The molecule has 0 saturated heterocycles. The second kappa shape index (κ2) is 10.4. The van der Waals surface area contributed by atoms with Crippen LogP contribution in [-0.4, -0.2) is 37.9 Å². The van der Waals surface area contributed by atoms with Crippen LogP contribution in [0.2, 0.25) is 0 Å². The predicted octanol–water partition coefficient (Wildman–Crippen LogP) is 6.44. The van der Waals surface area contributed by atoms with Gasteiger partial charge in [-0.3, -0.25) is 4.79 Å². The summed E-state index contributed by atoms with van der Waals surface area (Å²) in [7, 11) is 4.14. The van der Waals surface area contributed by atoms with E-state index < -0.39 is 0 Å². The lowest BCUT2D eigenvalue weighted by Crippen LogP contribution is -2.24. The number of ether oxygens (including phenoxy) is 1. The highest BCUT2D eigenvalue weighted by Crippen LogP contribution is 2.29. The topological polar surface area (TPSA) is 29.5 Å². The average Bonchev–Trinajstić information content (AvgIpc) is 2.75. The molecule has 0 fully saturated rings. The molecular weight excluding hydrogens is 382 g/mol. The molecule has 3 aromatic carbocycles. The number of carbonyl (C=O) groups is 1. The number of benzene rings is 3. The zero-order valence-electron chi connectivity index (χ0n) is 19.3. The Balaban J connectivity index is 1.80. The number of carbonyl (C=O) groups excluding carboxylic acids is 1. The molecular formula is C28H33NO2. The van der Waals surface area contributed by atoms with Crippen LogP contribution in [0.15, 0.2) is 66.7 Å². The molecule has 0 N–H and O–H groups in total. The number of ketones is 1. The van der Waals surface area contributed by atoms with Gasteiger partial charge in [-0.15, -0.1) is 0 Å². The van der Waals surface area contributed by atoms with Crippen LogP contribution in [0.3, 0.4) is 0 Å². The largest absolute Gasteiger partial charge is 0.493 e. The smallest absolute Gasteiger partial charge is 0.186 e. The van der Waals surface area contributed by atoms with Gasteiger partial charge >= 0.3 is 0 Å². The third kappa shape index (κ3) is 6.05. The molecule has 0 heterocycles. The van der Waals surface area contributed by atoms with Crippen molar-refractivity contribution in [3.05, 3.63) is 83.4 Å². The van der Waals surface area contributed by atoms with E-state index in [0.29, 0.717) is 24.0 Å². The second-order valence-electron chi connectivity index (χ2n) is 8.85. The van der Waals surface area contributed by atoms with Crippen LogP contribution in [0.1, 0.15) is 48.2 Å². The SMILES string of the molecule is CC(COc1ccc(C(=O)/C=C/c2ccc(C(C)C)cc2)c2ccccc12)CN(C)C. The van der Waals surface area contributed by atoms with E-state index in [1.165, 1.54) is 5.56 Å². The van der Waals surface area contributed by atoms with Crippen LogP contribution in [0.4, 0.5) is 0 Å². The van der Waals surface area contributed by atoms with Crippen LogP contribution >= 0.6 is 0 Å². The van der Waals surface area contributed by atoms with E-state index >= 15 is 0 Å². The van der Waals surface area contributed by atoms with Gasteiger partial charge < -0.3 is 9.64 Å². The maximum atomic E-state index is 13.0. The molecule has 0 aromatic heterocycles. The minimum Gasteiger partial charge on any atom is -0.493 e. The van der Waals surface area contributed by atoms with Crippen molar-refractivity contribution in [1.29, 1.82) is 0 Å². The van der Waals surface area contributed by atoms with E-state index in [9.17, 15) is 4.79 Å². The number of hydrogen-bond donors (Lipinski definition) is 0. The van der Waals surface area contributed by atoms with Crippen molar-refractivity contribution in [2.45, 2.75) is 26.7 Å². The summed E-state index contributed by atoms with van der Waals surface area (Å²) < 4.78 is 6.12. The summed E-state index contributed by atoms with van der Waals surface area (Å²) >= 11 is 0. The van der Waals surface area contributed by atoms with Gasteiger partial charge in [0, 0.05) is 23.4 Å². The summed E-state index contributed by atoms with van der Waals surface area (Å²) in [5.41, 5.74) is 3.01. The Morgan fingerprint density at radius 3 is 2.26 bits per heavy atom. The minimum absolute atomic E-state index is 0.00309. The first kappa shape index (κ1) is 22.8. The molecule has 0 aliphatic carbocycles. The van der Waals surface area contributed by atoms with E-state index in [0.717, 1.165) is 28.6 Å². The number of nitrogens with zero attached hydrogens (tertiary/aromatic N) is 1. The minimum atomic E-state index is -0.00309. The third-order valence-electron chi connectivity index (χ3n) is 5.38. The Morgan fingerprint density at radius 1 is 0.935 bits per heavy atom. The lowest BCUT2D eigenvalue weighted by molar-refractivity contribution is 0.104. The normalized spacial score (nSPS) is 12.7.